The molecule has 1 aromatic rings. The third-order valence-corrected chi connectivity index (χ3v) is 3.42. The van der Waals surface area contributed by atoms with Crippen LogP contribution in [0.4, 0.5) is 0 Å². The molecule has 17 heavy (non-hydrogen) atoms. The maximum Gasteiger partial charge on any atom is 0.258 e. The van der Waals surface area contributed by atoms with E-state index in [9.17, 15) is 9.90 Å². The highest BCUT2D eigenvalue weighted by atomic mass is 79.9. The second-order valence-electron chi connectivity index (χ2n) is 4.48. The number of halogens is 1. The molecule has 1 saturated heterocycles. The summed E-state index contributed by atoms with van der Waals surface area (Å²) in [6.45, 7) is 2.43. The average Bonchev–Trinajstić information content (AvgIpc) is 2.24. The van der Waals surface area contributed by atoms with Gasteiger partial charge in [0.2, 0.25) is 0 Å². The Labute approximate surface area is 108 Å². The fourth-order valence-electron chi connectivity index (χ4n) is 1.96. The number of β-amino-alcohol motifs (C(OH)–C–C–N with tert-alkyl or cyclic N) is 1. The van der Waals surface area contributed by atoms with Crippen LogP contribution in [0.15, 0.2) is 22.7 Å². The summed E-state index contributed by atoms with van der Waals surface area (Å²) >= 11 is 3.35. The van der Waals surface area contributed by atoms with Gasteiger partial charge in [0.1, 0.15) is 5.75 Å². The third-order valence-electron chi connectivity index (χ3n) is 2.76. The lowest BCUT2D eigenvalue weighted by atomic mass is 9.96. The number of aliphatic hydroxyl groups is 1. The lowest BCUT2D eigenvalue weighted by Gasteiger charge is -2.44. The van der Waals surface area contributed by atoms with E-state index in [-0.39, 0.29) is 5.91 Å². The molecule has 92 valence electrons. The Bertz CT molecular complexity index is 451. The van der Waals surface area contributed by atoms with E-state index >= 15 is 0 Å². The summed E-state index contributed by atoms with van der Waals surface area (Å²) in [4.78, 5) is 13.8. The van der Waals surface area contributed by atoms with Crippen molar-refractivity contribution in [3.05, 3.63) is 28.2 Å². The predicted molar refractivity (Wildman–Crippen MR) is 67.2 cm³/mol. The van der Waals surface area contributed by atoms with Crippen LogP contribution in [0.3, 0.4) is 0 Å². The second-order valence-corrected chi connectivity index (χ2v) is 5.33. The molecule has 0 saturated carbocycles. The first-order chi connectivity index (χ1) is 7.94. The fourth-order valence-corrected chi connectivity index (χ4v) is 2.48. The van der Waals surface area contributed by atoms with Gasteiger partial charge in [-0.2, -0.15) is 0 Å². The van der Waals surface area contributed by atoms with Crippen LogP contribution in [0, 0.1) is 0 Å². The molecule has 2 rings (SSSR count). The van der Waals surface area contributed by atoms with E-state index < -0.39 is 5.60 Å². The van der Waals surface area contributed by atoms with Crippen LogP contribution in [-0.2, 0) is 0 Å². The van der Waals surface area contributed by atoms with Gasteiger partial charge >= 0.3 is 0 Å². The first-order valence-electron chi connectivity index (χ1n) is 5.29. The standard InChI is InChI=1S/C12H14BrNO3/c1-12(16)6-14(7-12)11(15)10-8(13)4-3-5-9(10)17-2/h3-5,16H,6-7H2,1-2H3. The highest BCUT2D eigenvalue weighted by molar-refractivity contribution is 9.10. The molecule has 0 atom stereocenters. The molecule has 1 aliphatic heterocycles. The number of nitrogens with zero attached hydrogens (tertiary/aromatic N) is 1. The van der Waals surface area contributed by atoms with Gasteiger partial charge in [0.15, 0.2) is 0 Å². The second kappa shape index (κ2) is 4.31. The zero-order valence-electron chi connectivity index (χ0n) is 9.74. The van der Waals surface area contributed by atoms with E-state index in [0.717, 1.165) is 0 Å². The normalized spacial score (nSPS) is 17.5. The molecule has 4 nitrogen and oxygen atoms in total. The Morgan fingerprint density at radius 3 is 2.71 bits per heavy atom. The molecule has 0 aliphatic carbocycles. The molecule has 0 aromatic heterocycles. The number of methoxy groups -OCH3 is 1. The first kappa shape index (κ1) is 12.4. The van der Waals surface area contributed by atoms with Crippen molar-refractivity contribution >= 4 is 21.8 Å². The van der Waals surface area contributed by atoms with Crippen LogP contribution < -0.4 is 4.74 Å². The number of carbonyl (C=O) groups excluding carboxylic acids is 1. The summed E-state index contributed by atoms with van der Waals surface area (Å²) in [6.07, 6.45) is 0. The van der Waals surface area contributed by atoms with E-state index in [4.69, 9.17) is 4.74 Å². The minimum absolute atomic E-state index is 0.124. The fraction of sp³-hybridized carbons (Fsp3) is 0.417. The number of rotatable bonds is 2. The number of hydrogen-bond donors (Lipinski definition) is 1. The van der Waals surface area contributed by atoms with Crippen molar-refractivity contribution in [3.63, 3.8) is 0 Å². The van der Waals surface area contributed by atoms with Crippen LogP contribution >= 0.6 is 15.9 Å². The Kier molecular flexibility index (Phi) is 3.14. The summed E-state index contributed by atoms with van der Waals surface area (Å²) in [5.74, 6) is 0.414. The Morgan fingerprint density at radius 2 is 2.18 bits per heavy atom. The number of carbonyl (C=O) groups is 1. The summed E-state index contributed by atoms with van der Waals surface area (Å²) in [5.41, 5.74) is -0.255. The number of benzene rings is 1. The van der Waals surface area contributed by atoms with E-state index in [1.165, 1.54) is 7.11 Å². The maximum absolute atomic E-state index is 12.2. The third kappa shape index (κ3) is 2.30. The molecule has 5 heteroatoms. The Balaban J connectivity index is 2.26. The molecular formula is C12H14BrNO3. The lowest BCUT2D eigenvalue weighted by Crippen LogP contribution is -2.61. The molecule has 1 N–H and O–H groups in total. The SMILES string of the molecule is COc1cccc(Br)c1C(=O)N1CC(C)(O)C1. The smallest absolute Gasteiger partial charge is 0.258 e. The highest BCUT2D eigenvalue weighted by Gasteiger charge is 2.40. The molecule has 1 aromatic carbocycles. The minimum Gasteiger partial charge on any atom is -0.496 e. The van der Waals surface area contributed by atoms with Crippen LogP contribution in [0.25, 0.3) is 0 Å². The van der Waals surface area contributed by atoms with E-state index in [1.54, 1.807) is 24.0 Å². The van der Waals surface area contributed by atoms with E-state index in [0.29, 0.717) is 28.9 Å². The average molecular weight is 300 g/mol. The van der Waals surface area contributed by atoms with Gasteiger partial charge in [-0.15, -0.1) is 0 Å². The largest absolute Gasteiger partial charge is 0.496 e. The summed E-state index contributed by atoms with van der Waals surface area (Å²) in [7, 11) is 1.53. The van der Waals surface area contributed by atoms with Gasteiger partial charge in [0.05, 0.1) is 31.4 Å². The number of hydrogen-bond acceptors (Lipinski definition) is 3. The van der Waals surface area contributed by atoms with Gasteiger partial charge in [-0.1, -0.05) is 6.07 Å². The van der Waals surface area contributed by atoms with Gasteiger partial charge in [-0.3, -0.25) is 4.79 Å². The molecule has 0 radical (unpaired) electrons. The van der Waals surface area contributed by atoms with Crippen molar-refractivity contribution in [2.24, 2.45) is 0 Å². The zero-order valence-corrected chi connectivity index (χ0v) is 11.3. The van der Waals surface area contributed by atoms with Crippen molar-refractivity contribution in [2.75, 3.05) is 20.2 Å². The van der Waals surface area contributed by atoms with Crippen molar-refractivity contribution in [2.45, 2.75) is 12.5 Å². The molecule has 1 fully saturated rings. The Hall–Kier alpha value is -1.07. The zero-order chi connectivity index (χ0) is 12.6. The predicted octanol–water partition coefficient (Wildman–Crippen LogP) is 1.66. The van der Waals surface area contributed by atoms with Crippen LogP contribution in [-0.4, -0.2) is 41.7 Å². The molecule has 0 bridgehead atoms. The van der Waals surface area contributed by atoms with Gasteiger partial charge in [-0.05, 0) is 35.0 Å². The topological polar surface area (TPSA) is 49.8 Å². The van der Waals surface area contributed by atoms with Crippen LogP contribution in [0.1, 0.15) is 17.3 Å². The molecular weight excluding hydrogens is 286 g/mol. The van der Waals surface area contributed by atoms with Crippen molar-refractivity contribution < 1.29 is 14.6 Å². The minimum atomic E-state index is -0.760. The monoisotopic (exact) mass is 299 g/mol. The molecule has 0 spiro atoms. The lowest BCUT2D eigenvalue weighted by molar-refractivity contribution is -0.0669. The van der Waals surface area contributed by atoms with Crippen molar-refractivity contribution in [1.29, 1.82) is 0 Å². The van der Waals surface area contributed by atoms with Crippen molar-refractivity contribution in [3.8, 4) is 5.75 Å². The molecule has 1 amide bonds. The van der Waals surface area contributed by atoms with Gasteiger partial charge in [0.25, 0.3) is 5.91 Å². The van der Waals surface area contributed by atoms with Gasteiger partial charge in [0, 0.05) is 4.47 Å². The van der Waals surface area contributed by atoms with E-state index in [2.05, 4.69) is 15.9 Å². The maximum atomic E-state index is 12.2. The number of likely N-dealkylation sites (tertiary alicyclic amines) is 1. The highest BCUT2D eigenvalue weighted by Crippen LogP contribution is 2.31. The van der Waals surface area contributed by atoms with Gasteiger partial charge < -0.3 is 14.7 Å². The first-order valence-corrected chi connectivity index (χ1v) is 6.08. The number of amides is 1. The molecule has 1 heterocycles. The summed E-state index contributed by atoms with van der Waals surface area (Å²) in [6, 6.07) is 5.36. The van der Waals surface area contributed by atoms with Gasteiger partial charge in [-0.25, -0.2) is 0 Å². The Morgan fingerprint density at radius 1 is 1.53 bits per heavy atom. The van der Waals surface area contributed by atoms with Crippen LogP contribution in [0.2, 0.25) is 0 Å². The summed E-state index contributed by atoms with van der Waals surface area (Å²) < 4.78 is 5.88. The molecule has 0 unspecified atom stereocenters. The number of ether oxygens (including phenoxy) is 1. The quantitative estimate of drug-likeness (QED) is 0.904. The molecule has 1 aliphatic rings. The van der Waals surface area contributed by atoms with E-state index in [1.807, 2.05) is 6.07 Å². The summed E-state index contributed by atoms with van der Waals surface area (Å²) in [5, 5.41) is 9.64. The van der Waals surface area contributed by atoms with Crippen molar-refractivity contribution in [1.82, 2.24) is 4.90 Å². The van der Waals surface area contributed by atoms with Crippen LogP contribution in [0.5, 0.6) is 5.75 Å².